The van der Waals surface area contributed by atoms with Gasteiger partial charge >= 0.3 is 17.9 Å². The van der Waals surface area contributed by atoms with Crippen LogP contribution in [-0.2, 0) is 33.4 Å². The van der Waals surface area contributed by atoms with E-state index in [2.05, 4.69) is 0 Å². The SMILES string of the molecule is CC(=O)OC[C@@]12[C@@H]([C@H](C)C3OC(=O)C(CO)=C3C)CC[C@H]1[C@@H]1C[C@H](O)C3=CC(=O)CC[C@]3(CO)[C@H]1C[C@H]2OC(C)=O. The lowest BCUT2D eigenvalue weighted by Crippen LogP contribution is -2.63. The van der Waals surface area contributed by atoms with Crippen molar-refractivity contribution in [3.63, 3.8) is 0 Å². The molecule has 41 heavy (non-hydrogen) atoms. The van der Waals surface area contributed by atoms with Crippen LogP contribution in [0.15, 0.2) is 22.8 Å². The topological polar surface area (TPSA) is 157 Å². The van der Waals surface area contributed by atoms with Crippen molar-refractivity contribution < 1.29 is 48.7 Å². The van der Waals surface area contributed by atoms with Crippen molar-refractivity contribution in [3.8, 4) is 0 Å². The summed E-state index contributed by atoms with van der Waals surface area (Å²) in [6.45, 7) is 5.81. The van der Waals surface area contributed by atoms with Gasteiger partial charge in [-0.05, 0) is 79.9 Å². The predicted octanol–water partition coefficient (Wildman–Crippen LogP) is 2.03. The van der Waals surface area contributed by atoms with Gasteiger partial charge in [-0.1, -0.05) is 6.92 Å². The van der Waals surface area contributed by atoms with Crippen LogP contribution in [0.4, 0.5) is 0 Å². The van der Waals surface area contributed by atoms with E-state index in [-0.39, 0.29) is 60.6 Å². The van der Waals surface area contributed by atoms with Gasteiger partial charge in [0.25, 0.3) is 0 Å². The van der Waals surface area contributed by atoms with E-state index >= 15 is 0 Å². The summed E-state index contributed by atoms with van der Waals surface area (Å²) < 4.78 is 17.6. The lowest BCUT2D eigenvalue weighted by Gasteiger charge is -2.62. The zero-order valence-corrected chi connectivity index (χ0v) is 24.3. The summed E-state index contributed by atoms with van der Waals surface area (Å²) in [7, 11) is 0. The van der Waals surface area contributed by atoms with Gasteiger partial charge in [-0.3, -0.25) is 14.4 Å². The Morgan fingerprint density at radius 1 is 1.12 bits per heavy atom. The minimum atomic E-state index is -0.895. The van der Waals surface area contributed by atoms with Gasteiger partial charge in [0, 0.05) is 37.0 Å². The Morgan fingerprint density at radius 3 is 2.46 bits per heavy atom. The molecule has 0 aromatic rings. The van der Waals surface area contributed by atoms with E-state index in [0.717, 1.165) is 0 Å². The van der Waals surface area contributed by atoms with Crippen LogP contribution in [0.5, 0.6) is 0 Å². The minimum absolute atomic E-state index is 0.00284. The molecule has 226 valence electrons. The Kier molecular flexibility index (Phi) is 7.98. The van der Waals surface area contributed by atoms with Crippen molar-refractivity contribution in [2.45, 2.75) is 84.5 Å². The normalized spacial score (nSPS) is 40.7. The molecule has 0 amide bonds. The van der Waals surface area contributed by atoms with E-state index in [1.54, 1.807) is 6.92 Å². The van der Waals surface area contributed by atoms with Crippen molar-refractivity contribution in [2.75, 3.05) is 19.8 Å². The summed E-state index contributed by atoms with van der Waals surface area (Å²) in [5.41, 5.74) is -0.138. The number of cyclic esters (lactones) is 1. The van der Waals surface area contributed by atoms with Crippen molar-refractivity contribution in [2.24, 2.45) is 40.4 Å². The van der Waals surface area contributed by atoms with E-state index in [4.69, 9.17) is 14.2 Å². The van der Waals surface area contributed by atoms with Crippen LogP contribution in [0.3, 0.4) is 0 Å². The summed E-state index contributed by atoms with van der Waals surface area (Å²) in [6, 6.07) is 0. The zero-order chi connectivity index (χ0) is 29.9. The van der Waals surface area contributed by atoms with Crippen molar-refractivity contribution >= 4 is 23.7 Å². The first kappa shape index (κ1) is 29.9. The van der Waals surface area contributed by atoms with Gasteiger partial charge in [0.15, 0.2) is 5.78 Å². The summed E-state index contributed by atoms with van der Waals surface area (Å²) in [5.74, 6) is -2.35. The maximum atomic E-state index is 12.6. The van der Waals surface area contributed by atoms with Gasteiger partial charge < -0.3 is 29.5 Å². The molecule has 0 radical (unpaired) electrons. The average Bonchev–Trinajstić information content (AvgIpc) is 3.45. The minimum Gasteiger partial charge on any atom is -0.465 e. The van der Waals surface area contributed by atoms with E-state index in [9.17, 15) is 34.5 Å². The van der Waals surface area contributed by atoms with Crippen LogP contribution in [0.1, 0.15) is 66.2 Å². The monoisotopic (exact) mass is 574 g/mol. The number of rotatable bonds is 7. The quantitative estimate of drug-likeness (QED) is 0.304. The Labute approximate surface area is 240 Å². The molecule has 1 aliphatic heterocycles. The van der Waals surface area contributed by atoms with E-state index < -0.39 is 53.7 Å². The van der Waals surface area contributed by atoms with E-state index in [1.165, 1.54) is 19.9 Å². The van der Waals surface area contributed by atoms with E-state index in [1.807, 2.05) is 6.92 Å². The van der Waals surface area contributed by atoms with Gasteiger partial charge in [0.1, 0.15) is 18.8 Å². The fourth-order valence-corrected chi connectivity index (χ4v) is 9.66. The number of aliphatic hydroxyl groups is 3. The summed E-state index contributed by atoms with van der Waals surface area (Å²) in [5, 5.41) is 32.0. The van der Waals surface area contributed by atoms with Crippen LogP contribution in [-0.4, -0.2) is 77.1 Å². The molecule has 0 bridgehead atoms. The molecule has 10 heteroatoms. The van der Waals surface area contributed by atoms with Gasteiger partial charge in [-0.15, -0.1) is 0 Å². The highest BCUT2D eigenvalue weighted by Gasteiger charge is 2.69. The van der Waals surface area contributed by atoms with Gasteiger partial charge in [-0.25, -0.2) is 4.79 Å². The highest BCUT2D eigenvalue weighted by Crippen LogP contribution is 2.68. The number of aliphatic hydroxyl groups excluding tert-OH is 3. The molecule has 5 aliphatic rings. The van der Waals surface area contributed by atoms with Crippen LogP contribution in [0.25, 0.3) is 0 Å². The number of ether oxygens (including phenoxy) is 3. The Hall–Kier alpha value is -2.56. The molecular formula is C31H42O10. The molecule has 3 fully saturated rings. The lowest BCUT2D eigenvalue weighted by atomic mass is 9.44. The molecule has 0 aromatic carbocycles. The number of carbonyl (C=O) groups excluding carboxylic acids is 4. The Bertz CT molecular complexity index is 1190. The maximum absolute atomic E-state index is 12.6. The van der Waals surface area contributed by atoms with Gasteiger partial charge in [0.05, 0.1) is 24.9 Å². The second-order valence-corrected chi connectivity index (χ2v) is 12.9. The fraction of sp³-hybridized carbons (Fsp3) is 0.742. The molecule has 10 nitrogen and oxygen atoms in total. The standard InChI is InChI=1S/C31H42O10/c1-15-21(12-32)29(38)41-28(15)16(2)22-5-6-23-20-10-26(37)25-9-19(36)7-8-30(25,13-33)24(20)11-27(40-18(4)35)31(22,23)14-39-17(3)34/h9,16,20,22-24,26-28,32-33,37H,5-8,10-14H2,1-4H3/t16-,20-,22+,23-,24-,26-,27+,28?,30-,31+/m0/s1. The summed E-state index contributed by atoms with van der Waals surface area (Å²) in [4.78, 5) is 49.7. The number of hydrogen-bond acceptors (Lipinski definition) is 10. The van der Waals surface area contributed by atoms with Crippen molar-refractivity contribution in [3.05, 3.63) is 22.8 Å². The van der Waals surface area contributed by atoms with Gasteiger partial charge in [0.2, 0.25) is 0 Å². The highest BCUT2D eigenvalue weighted by atomic mass is 16.6. The summed E-state index contributed by atoms with van der Waals surface area (Å²) >= 11 is 0. The lowest BCUT2D eigenvalue weighted by molar-refractivity contribution is -0.209. The van der Waals surface area contributed by atoms with Crippen LogP contribution >= 0.6 is 0 Å². The first-order valence-electron chi connectivity index (χ1n) is 14.8. The molecule has 1 unspecified atom stereocenters. The maximum Gasteiger partial charge on any atom is 0.337 e. The number of fused-ring (bicyclic) bond motifs is 5. The molecule has 1 heterocycles. The van der Waals surface area contributed by atoms with E-state index in [0.29, 0.717) is 43.3 Å². The zero-order valence-electron chi connectivity index (χ0n) is 24.3. The number of hydrogen-bond donors (Lipinski definition) is 3. The predicted molar refractivity (Wildman–Crippen MR) is 144 cm³/mol. The second-order valence-electron chi connectivity index (χ2n) is 12.9. The molecule has 3 saturated carbocycles. The second kappa shape index (κ2) is 10.9. The third-order valence-corrected chi connectivity index (χ3v) is 11.3. The average molecular weight is 575 g/mol. The van der Waals surface area contributed by atoms with Crippen LogP contribution in [0.2, 0.25) is 0 Å². The molecule has 4 aliphatic carbocycles. The Balaban J connectivity index is 1.62. The van der Waals surface area contributed by atoms with Crippen molar-refractivity contribution in [1.82, 2.24) is 0 Å². The molecule has 3 N–H and O–H groups in total. The smallest absolute Gasteiger partial charge is 0.337 e. The van der Waals surface area contributed by atoms with Crippen LogP contribution < -0.4 is 0 Å². The largest absolute Gasteiger partial charge is 0.465 e. The van der Waals surface area contributed by atoms with Gasteiger partial charge in [-0.2, -0.15) is 0 Å². The molecular weight excluding hydrogens is 532 g/mol. The number of esters is 3. The fourth-order valence-electron chi connectivity index (χ4n) is 9.66. The first-order chi connectivity index (χ1) is 19.4. The van der Waals surface area contributed by atoms with Crippen molar-refractivity contribution in [1.29, 1.82) is 0 Å². The third-order valence-electron chi connectivity index (χ3n) is 11.3. The molecule has 0 aromatic heterocycles. The molecule has 10 atom stereocenters. The first-order valence-corrected chi connectivity index (χ1v) is 14.8. The molecule has 5 rings (SSSR count). The summed E-state index contributed by atoms with van der Waals surface area (Å²) in [6.07, 6.45) is 2.20. The molecule has 0 spiro atoms. The molecule has 0 saturated heterocycles. The van der Waals surface area contributed by atoms with Crippen LogP contribution in [0, 0.1) is 40.4 Å². The highest BCUT2D eigenvalue weighted by molar-refractivity contribution is 5.92. The third kappa shape index (κ3) is 4.57. The number of ketones is 1. The Morgan fingerprint density at radius 2 is 1.85 bits per heavy atom. The number of carbonyl (C=O) groups is 4.